The number of phenolic OH excluding ortho intramolecular Hbond substituents is 2. The normalized spacial score (nSPS) is 10.7. The Labute approximate surface area is 122 Å². The zero-order valence-corrected chi connectivity index (χ0v) is 11.6. The Hall–Kier alpha value is -2.82. The monoisotopic (exact) mass is 284 g/mol. The number of hydrazone groups is 1. The number of rotatable bonds is 4. The number of nitrogens with one attached hydrogen (secondary N) is 1. The van der Waals surface area contributed by atoms with Crippen molar-refractivity contribution in [2.45, 2.75) is 13.3 Å². The molecule has 0 atom stereocenters. The largest absolute Gasteiger partial charge is 0.504 e. The first-order valence-electron chi connectivity index (χ1n) is 6.57. The van der Waals surface area contributed by atoms with Crippen LogP contribution in [0, 0.1) is 0 Å². The number of amides is 1. The summed E-state index contributed by atoms with van der Waals surface area (Å²) in [6.07, 6.45) is 2.31. The van der Waals surface area contributed by atoms with Crippen LogP contribution in [0.3, 0.4) is 0 Å². The molecule has 3 N–H and O–H groups in total. The summed E-state index contributed by atoms with van der Waals surface area (Å²) in [7, 11) is 0. The Bertz CT molecular complexity index is 681. The molecule has 0 fully saturated rings. The van der Waals surface area contributed by atoms with E-state index in [-0.39, 0.29) is 17.4 Å². The summed E-state index contributed by atoms with van der Waals surface area (Å²) in [5.74, 6) is -0.862. The van der Waals surface area contributed by atoms with Crippen LogP contribution in [0.5, 0.6) is 11.5 Å². The van der Waals surface area contributed by atoms with E-state index in [1.165, 1.54) is 6.07 Å². The standard InChI is InChI=1S/C16H16N2O3/c1-2-10-17-18-16(21)13-7-4-3-6-11(13)12-8-5-9-14(19)15(12)20/h3-10,19-20H,2H2,1H3,(H,18,21)/b17-10-. The van der Waals surface area contributed by atoms with Crippen LogP contribution in [0.2, 0.25) is 0 Å². The van der Waals surface area contributed by atoms with Crippen LogP contribution in [-0.2, 0) is 0 Å². The van der Waals surface area contributed by atoms with Gasteiger partial charge in [-0.1, -0.05) is 37.3 Å². The smallest absolute Gasteiger partial charge is 0.271 e. The van der Waals surface area contributed by atoms with E-state index in [1.807, 2.05) is 6.92 Å². The molecule has 5 nitrogen and oxygen atoms in total. The van der Waals surface area contributed by atoms with Crippen LogP contribution in [0.15, 0.2) is 47.6 Å². The predicted molar refractivity (Wildman–Crippen MR) is 81.5 cm³/mol. The highest BCUT2D eigenvalue weighted by atomic mass is 16.3. The second-order valence-corrected chi connectivity index (χ2v) is 4.38. The Morgan fingerprint density at radius 3 is 2.62 bits per heavy atom. The van der Waals surface area contributed by atoms with Crippen LogP contribution in [0.25, 0.3) is 11.1 Å². The van der Waals surface area contributed by atoms with Crippen molar-refractivity contribution in [2.75, 3.05) is 0 Å². The molecule has 0 unspecified atom stereocenters. The lowest BCUT2D eigenvalue weighted by molar-refractivity contribution is 0.0955. The van der Waals surface area contributed by atoms with E-state index < -0.39 is 0 Å². The Morgan fingerprint density at radius 1 is 1.14 bits per heavy atom. The van der Waals surface area contributed by atoms with E-state index in [9.17, 15) is 15.0 Å². The Balaban J connectivity index is 2.44. The minimum Gasteiger partial charge on any atom is -0.504 e. The van der Waals surface area contributed by atoms with Gasteiger partial charge in [-0.3, -0.25) is 4.79 Å². The summed E-state index contributed by atoms with van der Waals surface area (Å²) in [5, 5.41) is 23.4. The maximum absolute atomic E-state index is 12.1. The molecule has 0 saturated heterocycles. The first kappa shape index (κ1) is 14.6. The molecule has 2 rings (SSSR count). The van der Waals surface area contributed by atoms with Gasteiger partial charge >= 0.3 is 0 Å². The van der Waals surface area contributed by atoms with E-state index in [1.54, 1.807) is 42.6 Å². The first-order chi connectivity index (χ1) is 10.1. The van der Waals surface area contributed by atoms with Crippen molar-refractivity contribution in [3.63, 3.8) is 0 Å². The van der Waals surface area contributed by atoms with Gasteiger partial charge in [0, 0.05) is 17.3 Å². The summed E-state index contributed by atoms with van der Waals surface area (Å²) in [5.41, 5.74) is 3.71. The number of aromatic hydroxyl groups is 2. The topological polar surface area (TPSA) is 81.9 Å². The molecule has 0 radical (unpaired) electrons. The number of hydrogen-bond acceptors (Lipinski definition) is 4. The quantitative estimate of drug-likeness (QED) is 0.458. The lowest BCUT2D eigenvalue weighted by Gasteiger charge is -2.10. The van der Waals surface area contributed by atoms with Crippen LogP contribution in [0.4, 0.5) is 0 Å². The molecule has 0 aliphatic carbocycles. The van der Waals surface area contributed by atoms with Crippen molar-refractivity contribution in [3.05, 3.63) is 48.0 Å². The molecule has 108 valence electrons. The number of carbonyl (C=O) groups excluding carboxylic acids is 1. The molecule has 0 aliphatic heterocycles. The fourth-order valence-electron chi connectivity index (χ4n) is 1.92. The number of para-hydroxylation sites is 1. The maximum atomic E-state index is 12.1. The average Bonchev–Trinajstić information content (AvgIpc) is 2.50. The third kappa shape index (κ3) is 3.20. The van der Waals surface area contributed by atoms with Crippen molar-refractivity contribution in [1.29, 1.82) is 0 Å². The molecule has 0 heterocycles. The van der Waals surface area contributed by atoms with Crippen LogP contribution < -0.4 is 5.43 Å². The van der Waals surface area contributed by atoms with Gasteiger partial charge in [-0.15, -0.1) is 0 Å². The first-order valence-corrected chi connectivity index (χ1v) is 6.57. The van der Waals surface area contributed by atoms with Gasteiger partial charge in [0.05, 0.1) is 0 Å². The predicted octanol–water partition coefficient (Wildman–Crippen LogP) is 2.89. The van der Waals surface area contributed by atoms with Crippen molar-refractivity contribution in [1.82, 2.24) is 5.43 Å². The third-order valence-electron chi connectivity index (χ3n) is 2.92. The molecule has 1 amide bonds. The van der Waals surface area contributed by atoms with Gasteiger partial charge in [0.25, 0.3) is 5.91 Å². The van der Waals surface area contributed by atoms with Gasteiger partial charge in [-0.05, 0) is 24.1 Å². The van der Waals surface area contributed by atoms with E-state index in [4.69, 9.17) is 0 Å². The number of phenols is 2. The van der Waals surface area contributed by atoms with Crippen LogP contribution in [-0.4, -0.2) is 22.3 Å². The van der Waals surface area contributed by atoms with Crippen molar-refractivity contribution in [2.24, 2.45) is 5.10 Å². The van der Waals surface area contributed by atoms with Gasteiger partial charge in [-0.2, -0.15) is 5.10 Å². The molecule has 2 aromatic rings. The number of hydrogen-bond donors (Lipinski definition) is 3. The van der Waals surface area contributed by atoms with E-state index >= 15 is 0 Å². The molecule has 0 spiro atoms. The zero-order valence-electron chi connectivity index (χ0n) is 11.6. The fourth-order valence-corrected chi connectivity index (χ4v) is 1.92. The summed E-state index contributed by atoms with van der Waals surface area (Å²) in [6.45, 7) is 1.91. The number of carbonyl (C=O) groups is 1. The Kier molecular flexibility index (Phi) is 4.56. The van der Waals surface area contributed by atoms with Crippen molar-refractivity contribution < 1.29 is 15.0 Å². The molecule has 0 aliphatic rings. The van der Waals surface area contributed by atoms with Gasteiger partial charge < -0.3 is 10.2 Å². The molecule has 0 bridgehead atoms. The summed E-state index contributed by atoms with van der Waals surface area (Å²) in [4.78, 5) is 12.1. The number of benzene rings is 2. The average molecular weight is 284 g/mol. The minimum absolute atomic E-state index is 0.230. The van der Waals surface area contributed by atoms with E-state index in [0.29, 0.717) is 16.7 Å². The van der Waals surface area contributed by atoms with E-state index in [0.717, 1.165) is 6.42 Å². The van der Waals surface area contributed by atoms with Gasteiger partial charge in [-0.25, -0.2) is 5.43 Å². The van der Waals surface area contributed by atoms with Gasteiger partial charge in [0.15, 0.2) is 11.5 Å². The van der Waals surface area contributed by atoms with Gasteiger partial charge in [0.2, 0.25) is 0 Å². The molecule has 0 aromatic heterocycles. The molecule has 2 aromatic carbocycles. The second kappa shape index (κ2) is 6.56. The van der Waals surface area contributed by atoms with E-state index in [2.05, 4.69) is 10.5 Å². The highest BCUT2D eigenvalue weighted by Gasteiger charge is 2.15. The molecule has 5 heteroatoms. The van der Waals surface area contributed by atoms with Crippen molar-refractivity contribution >= 4 is 12.1 Å². The number of nitrogens with zero attached hydrogens (tertiary/aromatic N) is 1. The summed E-state index contributed by atoms with van der Waals surface area (Å²) in [6, 6.07) is 11.4. The highest BCUT2D eigenvalue weighted by molar-refractivity contribution is 6.01. The van der Waals surface area contributed by atoms with Crippen LogP contribution >= 0.6 is 0 Å². The summed E-state index contributed by atoms with van der Waals surface area (Å²) < 4.78 is 0. The van der Waals surface area contributed by atoms with Crippen molar-refractivity contribution in [3.8, 4) is 22.6 Å². The summed E-state index contributed by atoms with van der Waals surface area (Å²) >= 11 is 0. The zero-order chi connectivity index (χ0) is 15.2. The molecular formula is C16H16N2O3. The SMILES string of the molecule is CC/C=N\NC(=O)c1ccccc1-c1cccc(O)c1O. The highest BCUT2D eigenvalue weighted by Crippen LogP contribution is 2.37. The van der Waals surface area contributed by atoms with Crippen LogP contribution in [0.1, 0.15) is 23.7 Å². The third-order valence-corrected chi connectivity index (χ3v) is 2.92. The molecular weight excluding hydrogens is 268 g/mol. The van der Waals surface area contributed by atoms with Gasteiger partial charge in [0.1, 0.15) is 0 Å². The fraction of sp³-hybridized carbons (Fsp3) is 0.125. The maximum Gasteiger partial charge on any atom is 0.271 e. The minimum atomic E-state index is -0.377. The Morgan fingerprint density at radius 2 is 1.86 bits per heavy atom. The lowest BCUT2D eigenvalue weighted by atomic mass is 9.98. The second-order valence-electron chi connectivity index (χ2n) is 4.38. The molecule has 0 saturated carbocycles. The molecule has 21 heavy (non-hydrogen) atoms. The lowest BCUT2D eigenvalue weighted by Crippen LogP contribution is -2.18.